The van der Waals surface area contributed by atoms with Crippen molar-refractivity contribution >= 4 is 40.6 Å². The van der Waals surface area contributed by atoms with Crippen LogP contribution in [0.3, 0.4) is 0 Å². The van der Waals surface area contributed by atoms with Crippen molar-refractivity contribution in [2.24, 2.45) is 7.05 Å². The van der Waals surface area contributed by atoms with Gasteiger partial charge in [-0.15, -0.1) is 0 Å². The number of alkyl carbamates (subject to hydrolysis) is 1. The van der Waals surface area contributed by atoms with E-state index in [1.165, 1.54) is 11.6 Å². The van der Waals surface area contributed by atoms with Crippen LogP contribution in [-0.4, -0.2) is 61.2 Å². The number of nitrogens with zero attached hydrogens (tertiary/aromatic N) is 5. The summed E-state index contributed by atoms with van der Waals surface area (Å²) >= 11 is 0. The number of hydrogen-bond acceptors (Lipinski definition) is 8. The van der Waals surface area contributed by atoms with Crippen LogP contribution in [0.1, 0.15) is 76.2 Å². The van der Waals surface area contributed by atoms with Gasteiger partial charge >= 0.3 is 11.8 Å². The highest BCUT2D eigenvalue weighted by atomic mass is 16.6. The predicted octanol–water partition coefficient (Wildman–Crippen LogP) is 3.29. The van der Waals surface area contributed by atoms with Crippen LogP contribution < -0.4 is 26.8 Å². The minimum absolute atomic E-state index is 0.197. The number of Topliss-reactive ketones (excluding diaryl/α,β-unsaturated/α-hetero) is 1. The number of aromatic nitrogens is 4. The first-order valence-corrected chi connectivity index (χ1v) is 15.2. The van der Waals surface area contributed by atoms with Gasteiger partial charge in [-0.2, -0.15) is 4.98 Å². The first-order valence-electron chi connectivity index (χ1n) is 15.2. The quantitative estimate of drug-likeness (QED) is 0.302. The molecular weight excluding hydrogens is 578 g/mol. The molecule has 1 aromatic carbocycles. The lowest BCUT2D eigenvalue weighted by atomic mass is 9.94. The number of imidazole rings is 1. The molecule has 1 saturated heterocycles. The van der Waals surface area contributed by atoms with Crippen LogP contribution >= 0.6 is 0 Å². The molecular formula is C32H41N7O6. The third-order valence-corrected chi connectivity index (χ3v) is 8.11. The van der Waals surface area contributed by atoms with E-state index in [1.54, 1.807) is 50.5 Å². The zero-order valence-corrected chi connectivity index (χ0v) is 26.9. The normalized spacial score (nSPS) is 18.0. The Kier molecular flexibility index (Phi) is 8.47. The lowest BCUT2D eigenvalue weighted by molar-refractivity contribution is -0.116. The van der Waals surface area contributed by atoms with Crippen molar-refractivity contribution in [3.8, 4) is 0 Å². The molecule has 5 rings (SSSR count). The maximum atomic E-state index is 14.1. The lowest BCUT2D eigenvalue weighted by Gasteiger charge is -2.34. The standard InChI is InChI=1S/C32H41N7O6/c1-18(2)13-15-38-25-26(35-29(38)37-14-9-10-20(16-37)33-30(43)45-32(4,5)6)36(7)31(44)39(28(25)42)17-23(40)21-11-8-12-22-24(21)19(3)27(41)34-22/h8,11-13,19-20H,9-10,14-17H2,1-7H3,(H,33,43)(H,34,41). The third kappa shape index (κ3) is 6.29. The molecule has 0 radical (unpaired) electrons. The van der Waals surface area contributed by atoms with Crippen molar-refractivity contribution in [2.45, 2.75) is 85.0 Å². The van der Waals surface area contributed by atoms with Crippen molar-refractivity contribution in [3.63, 3.8) is 0 Å². The molecule has 2 aliphatic rings. The van der Waals surface area contributed by atoms with Crippen LogP contribution in [0.2, 0.25) is 0 Å². The van der Waals surface area contributed by atoms with Crippen LogP contribution in [-0.2, 0) is 29.7 Å². The molecule has 2 amide bonds. The summed E-state index contributed by atoms with van der Waals surface area (Å²) in [7, 11) is 1.53. The van der Waals surface area contributed by atoms with Crippen molar-refractivity contribution in [1.29, 1.82) is 0 Å². The second-order valence-electron chi connectivity index (χ2n) is 13.0. The van der Waals surface area contributed by atoms with E-state index in [4.69, 9.17) is 9.72 Å². The number of nitrogens with one attached hydrogen (secondary N) is 2. The number of ether oxygens (including phenoxy) is 1. The minimum atomic E-state index is -0.669. The first-order chi connectivity index (χ1) is 21.2. The summed E-state index contributed by atoms with van der Waals surface area (Å²) < 4.78 is 9.44. The smallest absolute Gasteiger partial charge is 0.407 e. The van der Waals surface area contributed by atoms with Gasteiger partial charge in [-0.1, -0.05) is 23.8 Å². The van der Waals surface area contributed by atoms with Crippen molar-refractivity contribution in [2.75, 3.05) is 23.3 Å². The number of benzene rings is 1. The van der Waals surface area contributed by atoms with Crippen molar-refractivity contribution in [3.05, 3.63) is 61.8 Å². The zero-order chi connectivity index (χ0) is 32.8. The molecule has 4 heterocycles. The van der Waals surface area contributed by atoms with Gasteiger partial charge in [-0.05, 0) is 66.0 Å². The number of carbonyl (C=O) groups excluding carboxylic acids is 3. The molecule has 0 bridgehead atoms. The molecule has 0 aliphatic carbocycles. The van der Waals surface area contributed by atoms with Crippen LogP contribution in [0.5, 0.6) is 0 Å². The fraction of sp³-hybridized carbons (Fsp3) is 0.500. The molecule has 2 N–H and O–H groups in total. The van der Waals surface area contributed by atoms with Crippen molar-refractivity contribution < 1.29 is 19.1 Å². The number of piperidine rings is 1. The third-order valence-electron chi connectivity index (χ3n) is 8.11. The number of allylic oxidation sites excluding steroid dienone is 2. The number of fused-ring (bicyclic) bond motifs is 2. The number of rotatable bonds is 7. The van der Waals surface area contributed by atoms with E-state index in [-0.39, 0.29) is 23.1 Å². The SMILES string of the molecule is CC(C)=CCn1c(N2CCCC(NC(=O)OC(C)(C)C)C2)nc2c1c(=O)n(CC(=O)c1cccc3c1C(C)C(=O)N3)c(=O)n2C. The van der Waals surface area contributed by atoms with Gasteiger partial charge in [0.25, 0.3) is 5.56 Å². The largest absolute Gasteiger partial charge is 0.444 e. The molecule has 13 heteroatoms. The summed E-state index contributed by atoms with van der Waals surface area (Å²) in [5, 5.41) is 5.72. The molecule has 2 aliphatic heterocycles. The molecule has 1 fully saturated rings. The molecule has 13 nitrogen and oxygen atoms in total. The summed E-state index contributed by atoms with van der Waals surface area (Å²) in [5.41, 5.74) is 0.920. The average molecular weight is 620 g/mol. The predicted molar refractivity (Wildman–Crippen MR) is 171 cm³/mol. The molecule has 0 spiro atoms. The van der Waals surface area contributed by atoms with E-state index in [0.717, 1.165) is 23.0 Å². The molecule has 0 saturated carbocycles. The number of amides is 2. The Balaban J connectivity index is 1.54. The number of ketones is 1. The van der Waals surface area contributed by atoms with Gasteiger partial charge in [-0.3, -0.25) is 23.5 Å². The van der Waals surface area contributed by atoms with Crippen molar-refractivity contribution in [1.82, 2.24) is 24.0 Å². The fourth-order valence-electron chi connectivity index (χ4n) is 5.92. The van der Waals surface area contributed by atoms with Gasteiger partial charge in [0.2, 0.25) is 11.9 Å². The van der Waals surface area contributed by atoms with Crippen LogP contribution in [0.4, 0.5) is 16.4 Å². The highest BCUT2D eigenvalue weighted by molar-refractivity contribution is 6.08. The van der Waals surface area contributed by atoms with Crippen LogP contribution in [0, 0.1) is 0 Å². The van der Waals surface area contributed by atoms with Gasteiger partial charge in [0.1, 0.15) is 5.60 Å². The van der Waals surface area contributed by atoms with E-state index >= 15 is 0 Å². The molecule has 240 valence electrons. The van der Waals surface area contributed by atoms with Crippen LogP contribution in [0.25, 0.3) is 11.2 Å². The number of anilines is 2. The van der Waals surface area contributed by atoms with E-state index in [0.29, 0.717) is 42.4 Å². The Morgan fingerprint density at radius 1 is 1.16 bits per heavy atom. The molecule has 45 heavy (non-hydrogen) atoms. The molecule has 2 atom stereocenters. The average Bonchev–Trinajstić information content (AvgIpc) is 3.49. The Morgan fingerprint density at radius 2 is 1.89 bits per heavy atom. The molecule has 3 aromatic rings. The topological polar surface area (TPSA) is 150 Å². The number of hydrogen-bond donors (Lipinski definition) is 2. The van der Waals surface area contributed by atoms with E-state index in [9.17, 15) is 24.0 Å². The van der Waals surface area contributed by atoms with Crippen LogP contribution in [0.15, 0.2) is 39.4 Å². The van der Waals surface area contributed by atoms with Gasteiger partial charge in [0.15, 0.2) is 16.9 Å². The Labute approximate surface area is 260 Å². The van der Waals surface area contributed by atoms with E-state index < -0.39 is 41.2 Å². The summed E-state index contributed by atoms with van der Waals surface area (Å²) in [6, 6.07) is 4.79. The zero-order valence-electron chi connectivity index (χ0n) is 26.9. The first kappa shape index (κ1) is 31.7. The maximum Gasteiger partial charge on any atom is 0.407 e. The summed E-state index contributed by atoms with van der Waals surface area (Å²) in [6.45, 7) is 11.9. The Bertz CT molecular complexity index is 1840. The summed E-state index contributed by atoms with van der Waals surface area (Å²) in [4.78, 5) is 72.8. The highest BCUT2D eigenvalue weighted by Gasteiger charge is 2.32. The molecule has 2 unspecified atom stereocenters. The number of carbonyl (C=O) groups is 3. The minimum Gasteiger partial charge on any atom is -0.444 e. The Morgan fingerprint density at radius 3 is 2.58 bits per heavy atom. The summed E-state index contributed by atoms with van der Waals surface area (Å²) in [5.74, 6) is -0.699. The maximum absolute atomic E-state index is 14.1. The van der Waals surface area contributed by atoms with E-state index in [2.05, 4.69) is 10.6 Å². The lowest BCUT2D eigenvalue weighted by Crippen LogP contribution is -2.49. The molecule has 2 aromatic heterocycles. The highest BCUT2D eigenvalue weighted by Crippen LogP contribution is 2.35. The second kappa shape index (κ2) is 12.0. The monoisotopic (exact) mass is 619 g/mol. The van der Waals surface area contributed by atoms with Gasteiger partial charge in [0, 0.05) is 44.0 Å². The van der Waals surface area contributed by atoms with Gasteiger partial charge in [0.05, 0.1) is 12.5 Å². The Hall–Kier alpha value is -4.68. The van der Waals surface area contributed by atoms with E-state index in [1.807, 2.05) is 24.8 Å². The number of aryl methyl sites for hydroxylation is 1. The van der Waals surface area contributed by atoms with Gasteiger partial charge in [-0.25, -0.2) is 9.59 Å². The van der Waals surface area contributed by atoms with Gasteiger partial charge < -0.3 is 24.8 Å². The summed E-state index contributed by atoms with van der Waals surface area (Å²) in [6.07, 6.45) is 2.98. The second-order valence-corrected chi connectivity index (χ2v) is 13.0. The fourth-order valence-corrected chi connectivity index (χ4v) is 5.92.